The largest absolute Gasteiger partial charge is 0.326 e. The second-order valence-electron chi connectivity index (χ2n) is 7.75. The Morgan fingerprint density at radius 2 is 1.79 bits per heavy atom. The molecule has 0 spiro atoms. The lowest BCUT2D eigenvalue weighted by Gasteiger charge is -2.32. The van der Waals surface area contributed by atoms with Crippen LogP contribution in [0.15, 0.2) is 47.3 Å². The van der Waals surface area contributed by atoms with Crippen molar-refractivity contribution in [3.8, 4) is 0 Å². The maximum atomic E-state index is 12.4. The highest BCUT2D eigenvalue weighted by Crippen LogP contribution is 2.24. The van der Waals surface area contributed by atoms with E-state index in [-0.39, 0.29) is 17.6 Å². The van der Waals surface area contributed by atoms with E-state index < -0.39 is 0 Å². The minimum Gasteiger partial charge on any atom is -0.325 e. The predicted molar refractivity (Wildman–Crippen MR) is 112 cm³/mol. The first-order chi connectivity index (χ1) is 13.5. The fourth-order valence-corrected chi connectivity index (χ4v) is 4.22. The molecule has 4 rings (SSSR count). The van der Waals surface area contributed by atoms with Gasteiger partial charge in [-0.25, -0.2) is 4.79 Å². The Bertz CT molecular complexity index is 1040. The van der Waals surface area contributed by atoms with E-state index in [0.717, 1.165) is 53.8 Å². The van der Waals surface area contributed by atoms with Crippen LogP contribution in [0, 0.1) is 13.8 Å². The summed E-state index contributed by atoms with van der Waals surface area (Å²) < 4.78 is 1.88. The van der Waals surface area contributed by atoms with Gasteiger partial charge in [0.25, 0.3) is 0 Å². The number of amides is 1. The number of nitrogens with one attached hydrogen (secondary N) is 2. The topological polar surface area (TPSA) is 70.1 Å². The lowest BCUT2D eigenvalue weighted by Crippen LogP contribution is -2.41. The zero-order valence-corrected chi connectivity index (χ0v) is 16.4. The van der Waals surface area contributed by atoms with Crippen molar-refractivity contribution in [2.24, 2.45) is 0 Å². The number of nitrogens with zero attached hydrogens (tertiary/aromatic N) is 2. The van der Waals surface area contributed by atoms with E-state index in [1.807, 2.05) is 54.8 Å². The molecule has 1 saturated heterocycles. The first kappa shape index (κ1) is 18.5. The fourth-order valence-electron chi connectivity index (χ4n) is 4.22. The van der Waals surface area contributed by atoms with E-state index in [2.05, 4.69) is 21.3 Å². The standard InChI is InChI=1S/C22H26N4O2/c1-15-11-16(2)13-17(12-15)23-21(27)14-25-9-7-18(8-10-25)26-20-6-4-3-5-19(20)24-22(26)28/h3-6,11-13,18H,7-10,14H2,1-2H3,(H,23,27)(H,24,28). The van der Waals surface area contributed by atoms with Crippen LogP contribution >= 0.6 is 0 Å². The van der Waals surface area contributed by atoms with Gasteiger partial charge in [0, 0.05) is 24.8 Å². The number of rotatable bonds is 4. The van der Waals surface area contributed by atoms with E-state index in [1.165, 1.54) is 0 Å². The molecule has 1 amide bonds. The number of hydrogen-bond donors (Lipinski definition) is 2. The first-order valence-electron chi connectivity index (χ1n) is 9.79. The quantitative estimate of drug-likeness (QED) is 0.732. The SMILES string of the molecule is Cc1cc(C)cc(NC(=O)CN2CCC(n3c(=O)[nH]c4ccccc43)CC2)c1. The van der Waals surface area contributed by atoms with Gasteiger partial charge in [-0.3, -0.25) is 14.3 Å². The number of carbonyl (C=O) groups is 1. The highest BCUT2D eigenvalue weighted by Gasteiger charge is 2.24. The third-order valence-electron chi connectivity index (χ3n) is 5.42. The molecule has 1 aliphatic rings. The molecule has 2 heterocycles. The maximum Gasteiger partial charge on any atom is 0.326 e. The Balaban J connectivity index is 1.37. The molecule has 2 aromatic carbocycles. The lowest BCUT2D eigenvalue weighted by molar-refractivity contribution is -0.117. The van der Waals surface area contributed by atoms with Crippen LogP contribution in [0.2, 0.25) is 0 Å². The van der Waals surface area contributed by atoms with Crippen molar-refractivity contribution in [3.63, 3.8) is 0 Å². The summed E-state index contributed by atoms with van der Waals surface area (Å²) >= 11 is 0. The Morgan fingerprint density at radius 3 is 2.50 bits per heavy atom. The van der Waals surface area contributed by atoms with Crippen LogP contribution in [-0.4, -0.2) is 40.0 Å². The van der Waals surface area contributed by atoms with E-state index in [4.69, 9.17) is 0 Å². The number of H-pyrrole nitrogens is 1. The smallest absolute Gasteiger partial charge is 0.325 e. The molecule has 0 atom stereocenters. The second kappa shape index (κ2) is 7.64. The Labute approximate surface area is 164 Å². The van der Waals surface area contributed by atoms with Crippen molar-refractivity contribution in [1.82, 2.24) is 14.5 Å². The summed E-state index contributed by atoms with van der Waals surface area (Å²) in [7, 11) is 0. The second-order valence-corrected chi connectivity index (χ2v) is 7.75. The zero-order valence-electron chi connectivity index (χ0n) is 16.4. The number of para-hydroxylation sites is 2. The van der Waals surface area contributed by atoms with Crippen LogP contribution in [0.1, 0.15) is 30.0 Å². The number of hydrogen-bond acceptors (Lipinski definition) is 3. The van der Waals surface area contributed by atoms with Crippen molar-refractivity contribution < 1.29 is 4.79 Å². The van der Waals surface area contributed by atoms with Crippen molar-refractivity contribution >= 4 is 22.6 Å². The van der Waals surface area contributed by atoms with Gasteiger partial charge in [0.1, 0.15) is 0 Å². The van der Waals surface area contributed by atoms with Gasteiger partial charge in [0.15, 0.2) is 0 Å². The number of anilines is 1. The number of imidazole rings is 1. The lowest BCUT2D eigenvalue weighted by atomic mass is 10.0. The molecule has 1 aliphatic heterocycles. The molecule has 6 heteroatoms. The van der Waals surface area contributed by atoms with Crippen molar-refractivity contribution in [3.05, 3.63) is 64.1 Å². The van der Waals surface area contributed by atoms with E-state index in [1.54, 1.807) is 0 Å². The van der Waals surface area contributed by atoms with Gasteiger partial charge < -0.3 is 10.3 Å². The average Bonchev–Trinajstić information content (AvgIpc) is 2.97. The number of aromatic amines is 1. The summed E-state index contributed by atoms with van der Waals surface area (Å²) in [4.78, 5) is 29.9. The minimum absolute atomic E-state index is 0.00714. The van der Waals surface area contributed by atoms with E-state index in [9.17, 15) is 9.59 Å². The van der Waals surface area contributed by atoms with Crippen LogP contribution < -0.4 is 11.0 Å². The Kier molecular flexibility index (Phi) is 5.05. The number of benzene rings is 2. The van der Waals surface area contributed by atoms with E-state index in [0.29, 0.717) is 6.54 Å². The van der Waals surface area contributed by atoms with Gasteiger partial charge in [0.05, 0.1) is 17.6 Å². The van der Waals surface area contributed by atoms with Gasteiger partial charge >= 0.3 is 5.69 Å². The summed E-state index contributed by atoms with van der Waals surface area (Å²) in [6.45, 7) is 6.04. The van der Waals surface area contributed by atoms with Gasteiger partial charge in [0.2, 0.25) is 5.91 Å². The molecule has 146 valence electrons. The highest BCUT2D eigenvalue weighted by atomic mass is 16.2. The summed E-state index contributed by atoms with van der Waals surface area (Å²) in [6, 6.07) is 14.0. The third kappa shape index (κ3) is 3.87. The summed E-state index contributed by atoms with van der Waals surface area (Å²) in [5, 5.41) is 3.00. The Morgan fingerprint density at radius 1 is 1.11 bits per heavy atom. The molecular formula is C22H26N4O2. The molecular weight excluding hydrogens is 352 g/mol. The monoisotopic (exact) mass is 378 g/mol. The van der Waals surface area contributed by atoms with Crippen LogP contribution in [0.25, 0.3) is 11.0 Å². The summed E-state index contributed by atoms with van der Waals surface area (Å²) in [5.41, 5.74) is 4.91. The van der Waals surface area contributed by atoms with Crippen LogP contribution in [-0.2, 0) is 4.79 Å². The minimum atomic E-state index is -0.0489. The van der Waals surface area contributed by atoms with Gasteiger partial charge in [-0.1, -0.05) is 18.2 Å². The molecule has 28 heavy (non-hydrogen) atoms. The average molecular weight is 378 g/mol. The van der Waals surface area contributed by atoms with Crippen LogP contribution in [0.3, 0.4) is 0 Å². The van der Waals surface area contributed by atoms with Crippen molar-refractivity contribution in [1.29, 1.82) is 0 Å². The Hall–Kier alpha value is -2.86. The molecule has 0 saturated carbocycles. The molecule has 1 aromatic heterocycles. The molecule has 0 radical (unpaired) electrons. The van der Waals surface area contributed by atoms with Crippen molar-refractivity contribution in [2.75, 3.05) is 25.0 Å². The third-order valence-corrected chi connectivity index (χ3v) is 5.42. The molecule has 1 fully saturated rings. The normalized spacial score (nSPS) is 15.8. The zero-order chi connectivity index (χ0) is 19.7. The molecule has 0 bridgehead atoms. The summed E-state index contributed by atoms with van der Waals surface area (Å²) in [5.74, 6) is 0.00714. The molecule has 2 N–H and O–H groups in total. The first-order valence-corrected chi connectivity index (χ1v) is 9.79. The predicted octanol–water partition coefficient (Wildman–Crippen LogP) is 3.22. The van der Waals surface area contributed by atoms with Gasteiger partial charge in [-0.15, -0.1) is 0 Å². The summed E-state index contributed by atoms with van der Waals surface area (Å²) in [6.07, 6.45) is 1.72. The van der Waals surface area contributed by atoms with Crippen molar-refractivity contribution in [2.45, 2.75) is 32.7 Å². The number of fused-ring (bicyclic) bond motifs is 1. The fraction of sp³-hybridized carbons (Fsp3) is 0.364. The van der Waals surface area contributed by atoms with Gasteiger partial charge in [-0.05, 0) is 62.1 Å². The van der Waals surface area contributed by atoms with E-state index >= 15 is 0 Å². The molecule has 3 aromatic rings. The molecule has 0 aliphatic carbocycles. The number of piperidine rings is 1. The van der Waals surface area contributed by atoms with Crippen LogP contribution in [0.5, 0.6) is 0 Å². The number of carbonyl (C=O) groups excluding carboxylic acids is 1. The van der Waals surface area contributed by atoms with Gasteiger partial charge in [-0.2, -0.15) is 0 Å². The number of aryl methyl sites for hydroxylation is 2. The molecule has 6 nitrogen and oxygen atoms in total. The highest BCUT2D eigenvalue weighted by molar-refractivity contribution is 5.92. The van der Waals surface area contributed by atoms with Crippen LogP contribution in [0.4, 0.5) is 5.69 Å². The molecule has 0 unspecified atom stereocenters. The number of aromatic nitrogens is 2. The number of likely N-dealkylation sites (tertiary alicyclic amines) is 1. The maximum absolute atomic E-state index is 12.4.